The first-order valence-electron chi connectivity index (χ1n) is 22.7. The van der Waals surface area contributed by atoms with E-state index in [4.69, 9.17) is 0 Å². The smallest absolute Gasteiger partial charge is 0.0998 e. The van der Waals surface area contributed by atoms with Crippen LogP contribution in [0.4, 0.5) is 0 Å². The molecule has 4 heterocycles. The van der Waals surface area contributed by atoms with E-state index in [9.17, 15) is 10.5 Å². The van der Waals surface area contributed by atoms with Crippen LogP contribution in [-0.2, 0) is 0 Å². The van der Waals surface area contributed by atoms with Crippen LogP contribution in [0, 0.1) is 22.7 Å². The summed E-state index contributed by atoms with van der Waals surface area (Å²) < 4.78 is 9.88. The molecule has 6 heteroatoms. The molecule has 0 bridgehead atoms. The van der Waals surface area contributed by atoms with Crippen LogP contribution in [0.1, 0.15) is 11.1 Å². The summed E-state index contributed by atoms with van der Waals surface area (Å²) in [5.74, 6) is 0. The van der Waals surface area contributed by atoms with Crippen molar-refractivity contribution < 1.29 is 0 Å². The Morgan fingerprint density at radius 3 is 1.71 bits per heavy atom. The minimum Gasteiger partial charge on any atom is -0.309 e. The van der Waals surface area contributed by atoms with E-state index >= 15 is 0 Å². The maximum Gasteiger partial charge on any atom is 0.0998 e. The van der Waals surface area contributed by atoms with Crippen LogP contribution >= 0.6 is 11.3 Å². The van der Waals surface area contributed by atoms with Crippen LogP contribution in [-0.4, -0.2) is 13.7 Å². The van der Waals surface area contributed by atoms with Crippen LogP contribution in [0.15, 0.2) is 212 Å². The van der Waals surface area contributed by atoms with Gasteiger partial charge in [-0.3, -0.25) is 0 Å². The fourth-order valence-corrected chi connectivity index (χ4v) is 12.2. The molecule has 314 valence electrons. The van der Waals surface area contributed by atoms with Crippen LogP contribution in [0.2, 0.25) is 0 Å². The molecule has 10 aromatic carbocycles. The molecule has 4 aromatic heterocycles. The predicted octanol–water partition coefficient (Wildman–Crippen LogP) is 16.4. The zero-order valence-electron chi connectivity index (χ0n) is 36.4. The van der Waals surface area contributed by atoms with Gasteiger partial charge in [-0.2, -0.15) is 10.5 Å². The molecule has 0 fully saturated rings. The normalized spacial score (nSPS) is 11.8. The summed E-state index contributed by atoms with van der Waals surface area (Å²) >= 11 is 1.84. The summed E-state index contributed by atoms with van der Waals surface area (Å²) in [4.78, 5) is 0. The van der Waals surface area contributed by atoms with Gasteiger partial charge in [0.2, 0.25) is 0 Å². The van der Waals surface area contributed by atoms with Gasteiger partial charge in [-0.1, -0.05) is 133 Å². The van der Waals surface area contributed by atoms with Crippen molar-refractivity contribution in [2.75, 3.05) is 0 Å². The van der Waals surface area contributed by atoms with Crippen molar-refractivity contribution >= 4 is 96.9 Å². The lowest BCUT2D eigenvalue weighted by Crippen LogP contribution is -2.01. The molecule has 0 spiro atoms. The van der Waals surface area contributed by atoms with E-state index in [1.54, 1.807) is 18.2 Å². The molecule has 0 radical (unpaired) electrons. The summed E-state index contributed by atoms with van der Waals surface area (Å²) in [5, 5.41) is 30.0. The first-order valence-corrected chi connectivity index (χ1v) is 23.5. The Hall–Kier alpha value is -9.20. The van der Waals surface area contributed by atoms with Crippen molar-refractivity contribution in [3.8, 4) is 51.5 Å². The fourth-order valence-electron chi connectivity index (χ4n) is 11.0. The molecule has 0 amide bonds. The Bertz CT molecular complexity index is 4480. The molecule has 14 rings (SSSR count). The van der Waals surface area contributed by atoms with Gasteiger partial charge in [0, 0.05) is 75.0 Å². The number of rotatable bonds is 5. The van der Waals surface area contributed by atoms with E-state index in [0.717, 1.165) is 61.3 Å². The van der Waals surface area contributed by atoms with Gasteiger partial charge in [0.1, 0.15) is 0 Å². The molecule has 0 aliphatic rings. The first kappa shape index (κ1) is 38.1. The molecule has 0 N–H and O–H groups in total. The van der Waals surface area contributed by atoms with Gasteiger partial charge in [-0.05, 0) is 90.0 Å². The number of para-hydroxylation sites is 4. The number of fused-ring (bicyclic) bond motifs is 13. The lowest BCUT2D eigenvalue weighted by atomic mass is 9.93. The van der Waals surface area contributed by atoms with E-state index in [2.05, 4.69) is 208 Å². The topological polar surface area (TPSA) is 62.4 Å². The standard InChI is InChI=1S/C62H35N5S/c63-36-40-13-12-14-41(37-64)60(40)39-27-25-38(26-28-39)44-30-29-43(65-52-21-8-5-18-46(52)50-34-51-47-19-7-11-24-58(47)68-59(51)35-57(50)65)33-56(44)67-54-23-10-6-20-49(54)61-55(67)32-31-48-45-17-4-9-22-53(45)66(62(48)61)42-15-2-1-3-16-42/h1-35H. The molecule has 0 saturated carbocycles. The molecular weight excluding hydrogens is 847 g/mol. The van der Waals surface area contributed by atoms with Crippen molar-refractivity contribution in [2.45, 2.75) is 0 Å². The Kier molecular flexibility index (Phi) is 8.21. The van der Waals surface area contributed by atoms with E-state index in [-0.39, 0.29) is 0 Å². The molecule has 14 aromatic rings. The Labute approximate surface area is 394 Å². The zero-order valence-corrected chi connectivity index (χ0v) is 37.2. The van der Waals surface area contributed by atoms with Gasteiger partial charge in [0.15, 0.2) is 0 Å². The molecule has 0 unspecified atom stereocenters. The third-order valence-electron chi connectivity index (χ3n) is 13.9. The number of aromatic nitrogens is 3. The second kappa shape index (κ2) is 14.7. The van der Waals surface area contributed by atoms with Crippen LogP contribution in [0.5, 0.6) is 0 Å². The summed E-state index contributed by atoms with van der Waals surface area (Å²) in [6, 6.07) is 80.3. The minimum absolute atomic E-state index is 0.477. The maximum atomic E-state index is 10.1. The highest BCUT2D eigenvalue weighted by molar-refractivity contribution is 7.25. The third-order valence-corrected chi connectivity index (χ3v) is 15.1. The summed E-state index contributed by atoms with van der Waals surface area (Å²) in [7, 11) is 0. The average molecular weight is 882 g/mol. The highest BCUT2D eigenvalue weighted by Crippen LogP contribution is 2.46. The van der Waals surface area contributed by atoms with Gasteiger partial charge >= 0.3 is 0 Å². The number of hydrogen-bond acceptors (Lipinski definition) is 3. The van der Waals surface area contributed by atoms with E-state index in [1.807, 2.05) is 23.5 Å². The van der Waals surface area contributed by atoms with E-state index < -0.39 is 0 Å². The molecule has 68 heavy (non-hydrogen) atoms. The predicted molar refractivity (Wildman–Crippen MR) is 283 cm³/mol. The molecular formula is C62H35N5S. The second-order valence-electron chi connectivity index (χ2n) is 17.4. The monoisotopic (exact) mass is 881 g/mol. The Balaban J connectivity index is 1.08. The SMILES string of the molecule is N#Cc1cccc(C#N)c1-c1ccc(-c2ccc(-n3c4ccccc4c4cc5c(cc43)sc3ccccc35)cc2-n2c3ccccc3c3c2ccc2c4ccccc4n(-c4ccccc4)c23)cc1. The fraction of sp³-hybridized carbons (Fsp3) is 0. The van der Waals surface area contributed by atoms with Gasteiger partial charge in [0.05, 0.1) is 62.1 Å². The van der Waals surface area contributed by atoms with E-state index in [0.29, 0.717) is 16.7 Å². The van der Waals surface area contributed by atoms with Gasteiger partial charge in [-0.15, -0.1) is 11.3 Å². The first-order chi connectivity index (χ1) is 33.7. The number of nitriles is 2. The zero-order chi connectivity index (χ0) is 45.0. The van der Waals surface area contributed by atoms with Crippen LogP contribution in [0.3, 0.4) is 0 Å². The second-order valence-corrected chi connectivity index (χ2v) is 18.5. The maximum absolute atomic E-state index is 10.1. The van der Waals surface area contributed by atoms with Gasteiger partial charge in [0.25, 0.3) is 0 Å². The lowest BCUT2D eigenvalue weighted by Gasteiger charge is -2.18. The van der Waals surface area contributed by atoms with Crippen molar-refractivity contribution in [2.24, 2.45) is 0 Å². The Morgan fingerprint density at radius 1 is 0.353 bits per heavy atom. The largest absolute Gasteiger partial charge is 0.309 e. The van der Waals surface area contributed by atoms with Crippen molar-refractivity contribution in [1.82, 2.24) is 13.7 Å². The summed E-state index contributed by atoms with van der Waals surface area (Å²) in [6.07, 6.45) is 0. The van der Waals surface area contributed by atoms with Crippen LogP contribution < -0.4 is 0 Å². The minimum atomic E-state index is 0.477. The quantitative estimate of drug-likeness (QED) is 0.173. The Morgan fingerprint density at radius 2 is 0.971 bits per heavy atom. The summed E-state index contributed by atoms with van der Waals surface area (Å²) in [5.41, 5.74) is 14.5. The average Bonchev–Trinajstić information content (AvgIpc) is 4.14. The lowest BCUT2D eigenvalue weighted by molar-refractivity contribution is 1.14. The number of benzene rings is 10. The van der Waals surface area contributed by atoms with Gasteiger partial charge < -0.3 is 13.7 Å². The third kappa shape index (κ3) is 5.41. The van der Waals surface area contributed by atoms with Crippen molar-refractivity contribution in [3.63, 3.8) is 0 Å². The summed E-state index contributed by atoms with van der Waals surface area (Å²) in [6.45, 7) is 0. The van der Waals surface area contributed by atoms with E-state index in [1.165, 1.54) is 58.0 Å². The van der Waals surface area contributed by atoms with Crippen molar-refractivity contribution in [3.05, 3.63) is 223 Å². The van der Waals surface area contributed by atoms with Gasteiger partial charge in [-0.25, -0.2) is 0 Å². The van der Waals surface area contributed by atoms with Crippen LogP contribution in [0.25, 0.3) is 125 Å². The molecule has 0 atom stereocenters. The molecule has 5 nitrogen and oxygen atoms in total. The number of nitrogens with zero attached hydrogens (tertiary/aromatic N) is 5. The van der Waals surface area contributed by atoms with Crippen molar-refractivity contribution in [1.29, 1.82) is 10.5 Å². The number of thiophene rings is 1. The highest BCUT2D eigenvalue weighted by atomic mass is 32.1. The molecule has 0 aliphatic carbocycles. The highest BCUT2D eigenvalue weighted by Gasteiger charge is 2.24. The number of hydrogen-bond donors (Lipinski definition) is 0. The molecule has 0 aliphatic heterocycles. The molecule has 0 saturated heterocycles.